The molecule has 1 rings (SSSR count). The molecule has 0 radical (unpaired) electrons. The summed E-state index contributed by atoms with van der Waals surface area (Å²) in [6, 6.07) is 4.21. The van der Waals surface area contributed by atoms with E-state index in [0.717, 1.165) is 0 Å². The smallest absolute Gasteiger partial charge is 0.306 e. The minimum absolute atomic E-state index is 0.0105. The summed E-state index contributed by atoms with van der Waals surface area (Å²) < 4.78 is 17.3. The van der Waals surface area contributed by atoms with Crippen LogP contribution in [0.15, 0.2) is 18.2 Å². The first kappa shape index (κ1) is 14.4. The number of carbonyl (C=O) groups is 2. The number of rotatable bonds is 5. The molecule has 0 aliphatic rings. The van der Waals surface area contributed by atoms with E-state index in [-0.39, 0.29) is 30.3 Å². The van der Waals surface area contributed by atoms with Gasteiger partial charge in [0.15, 0.2) is 0 Å². The Bertz CT molecular complexity index is 451. The Kier molecular flexibility index (Phi) is 5.58. The Hall–Kier alpha value is -1.62. The number of esters is 1. The van der Waals surface area contributed by atoms with Crippen molar-refractivity contribution in [1.82, 2.24) is 5.32 Å². The van der Waals surface area contributed by atoms with Crippen molar-refractivity contribution >= 4 is 23.5 Å². The van der Waals surface area contributed by atoms with Crippen molar-refractivity contribution in [3.8, 4) is 0 Å². The summed E-state index contributed by atoms with van der Waals surface area (Å²) in [5.74, 6) is -1.21. The Balaban J connectivity index is 2.38. The molecule has 0 spiro atoms. The highest BCUT2D eigenvalue weighted by Gasteiger charge is 2.07. The van der Waals surface area contributed by atoms with E-state index >= 15 is 0 Å². The minimum atomic E-state index is -0.502. The first-order valence-corrected chi connectivity index (χ1v) is 5.68. The molecule has 6 heteroatoms. The molecule has 0 unspecified atom stereocenters. The average molecular weight is 274 g/mol. The fourth-order valence-corrected chi connectivity index (χ4v) is 1.46. The molecule has 0 bridgehead atoms. The predicted octanol–water partition coefficient (Wildman–Crippen LogP) is 2.05. The topological polar surface area (TPSA) is 55.4 Å². The summed E-state index contributed by atoms with van der Waals surface area (Å²) in [7, 11) is 1.26. The molecule has 0 atom stereocenters. The van der Waals surface area contributed by atoms with Crippen LogP contribution in [0.5, 0.6) is 0 Å². The van der Waals surface area contributed by atoms with Crippen molar-refractivity contribution in [2.24, 2.45) is 0 Å². The van der Waals surface area contributed by atoms with Crippen molar-refractivity contribution in [3.63, 3.8) is 0 Å². The van der Waals surface area contributed by atoms with Crippen LogP contribution in [0.25, 0.3) is 0 Å². The maximum atomic E-state index is 12.9. The number of amides is 1. The van der Waals surface area contributed by atoms with Gasteiger partial charge in [-0.15, -0.1) is 0 Å². The van der Waals surface area contributed by atoms with Gasteiger partial charge < -0.3 is 10.1 Å². The van der Waals surface area contributed by atoms with E-state index < -0.39 is 11.8 Å². The summed E-state index contributed by atoms with van der Waals surface area (Å²) in [6.07, 6.45) is 0.0914. The highest BCUT2D eigenvalue weighted by molar-refractivity contribution is 6.30. The molecule has 1 aromatic carbocycles. The van der Waals surface area contributed by atoms with Crippen LogP contribution in [-0.2, 0) is 20.9 Å². The van der Waals surface area contributed by atoms with Gasteiger partial charge in [-0.05, 0) is 17.7 Å². The number of nitrogens with one attached hydrogen (secondary N) is 1. The zero-order chi connectivity index (χ0) is 13.5. The van der Waals surface area contributed by atoms with E-state index in [2.05, 4.69) is 10.1 Å². The van der Waals surface area contributed by atoms with Crippen LogP contribution in [0.4, 0.5) is 4.39 Å². The molecule has 18 heavy (non-hydrogen) atoms. The molecule has 1 amide bonds. The van der Waals surface area contributed by atoms with Gasteiger partial charge >= 0.3 is 5.97 Å². The van der Waals surface area contributed by atoms with Gasteiger partial charge in [0.1, 0.15) is 5.82 Å². The SMILES string of the molecule is COC(=O)CCC(=O)NCc1ccc(F)c(Cl)c1. The van der Waals surface area contributed by atoms with Crippen molar-refractivity contribution in [2.75, 3.05) is 7.11 Å². The Labute approximate surface area is 109 Å². The summed E-state index contributed by atoms with van der Waals surface area (Å²) in [5.41, 5.74) is 0.688. The summed E-state index contributed by atoms with van der Waals surface area (Å²) in [4.78, 5) is 22.2. The van der Waals surface area contributed by atoms with E-state index in [1.807, 2.05) is 0 Å². The van der Waals surface area contributed by atoms with Crippen molar-refractivity contribution in [1.29, 1.82) is 0 Å². The van der Waals surface area contributed by atoms with E-state index in [1.54, 1.807) is 0 Å². The fraction of sp³-hybridized carbons (Fsp3) is 0.333. The Morgan fingerprint density at radius 1 is 1.39 bits per heavy atom. The van der Waals surface area contributed by atoms with Crippen LogP contribution in [0.3, 0.4) is 0 Å². The molecular weight excluding hydrogens is 261 g/mol. The largest absolute Gasteiger partial charge is 0.469 e. The van der Waals surface area contributed by atoms with Crippen molar-refractivity contribution < 1.29 is 18.7 Å². The lowest BCUT2D eigenvalue weighted by Gasteiger charge is -2.05. The van der Waals surface area contributed by atoms with Gasteiger partial charge in [-0.25, -0.2) is 4.39 Å². The molecule has 98 valence electrons. The van der Waals surface area contributed by atoms with Crippen LogP contribution in [0.2, 0.25) is 5.02 Å². The van der Waals surface area contributed by atoms with Crippen LogP contribution in [0, 0.1) is 5.82 Å². The molecule has 1 N–H and O–H groups in total. The maximum Gasteiger partial charge on any atom is 0.306 e. The van der Waals surface area contributed by atoms with Gasteiger partial charge in [0.2, 0.25) is 5.91 Å². The normalized spacial score (nSPS) is 9.94. The number of hydrogen-bond acceptors (Lipinski definition) is 3. The second kappa shape index (κ2) is 6.96. The van der Waals surface area contributed by atoms with Crippen molar-refractivity contribution in [3.05, 3.63) is 34.6 Å². The molecular formula is C12H13ClFNO3. The second-order valence-corrected chi connectivity index (χ2v) is 4.01. The van der Waals surface area contributed by atoms with Crippen LogP contribution in [0.1, 0.15) is 18.4 Å². The van der Waals surface area contributed by atoms with Crippen molar-refractivity contribution in [2.45, 2.75) is 19.4 Å². The molecule has 0 heterocycles. The zero-order valence-electron chi connectivity index (χ0n) is 9.83. The van der Waals surface area contributed by atoms with Gasteiger partial charge in [-0.1, -0.05) is 17.7 Å². The monoisotopic (exact) mass is 273 g/mol. The zero-order valence-corrected chi connectivity index (χ0v) is 10.6. The lowest BCUT2D eigenvalue weighted by atomic mass is 10.2. The van der Waals surface area contributed by atoms with Crippen LogP contribution >= 0.6 is 11.6 Å². The van der Waals surface area contributed by atoms with Gasteiger partial charge in [0, 0.05) is 13.0 Å². The van der Waals surface area contributed by atoms with E-state index in [9.17, 15) is 14.0 Å². The van der Waals surface area contributed by atoms with Gasteiger partial charge in [0.05, 0.1) is 18.6 Å². The summed E-state index contributed by atoms with van der Waals surface area (Å²) >= 11 is 5.60. The third-order valence-electron chi connectivity index (χ3n) is 2.26. The molecule has 4 nitrogen and oxygen atoms in total. The van der Waals surface area contributed by atoms with E-state index in [1.165, 1.54) is 25.3 Å². The molecule has 1 aromatic rings. The number of carbonyl (C=O) groups excluding carboxylic acids is 2. The molecule has 0 aliphatic carbocycles. The van der Waals surface area contributed by atoms with Gasteiger partial charge in [-0.3, -0.25) is 9.59 Å². The van der Waals surface area contributed by atoms with E-state index in [0.29, 0.717) is 5.56 Å². The number of benzene rings is 1. The average Bonchev–Trinajstić information content (AvgIpc) is 2.37. The first-order chi connectivity index (χ1) is 8.52. The lowest BCUT2D eigenvalue weighted by molar-refractivity contribution is -0.142. The first-order valence-electron chi connectivity index (χ1n) is 5.30. The lowest BCUT2D eigenvalue weighted by Crippen LogP contribution is -2.23. The minimum Gasteiger partial charge on any atom is -0.469 e. The molecule has 0 fully saturated rings. The quantitative estimate of drug-likeness (QED) is 0.836. The Morgan fingerprint density at radius 2 is 2.11 bits per heavy atom. The number of hydrogen-bond donors (Lipinski definition) is 1. The number of ether oxygens (including phenoxy) is 1. The fourth-order valence-electron chi connectivity index (χ4n) is 1.26. The number of halogens is 2. The highest BCUT2D eigenvalue weighted by Crippen LogP contribution is 2.15. The van der Waals surface area contributed by atoms with Crippen LogP contribution < -0.4 is 5.32 Å². The molecule has 0 saturated heterocycles. The third kappa shape index (κ3) is 4.71. The standard InChI is InChI=1S/C12H13ClFNO3/c1-18-12(17)5-4-11(16)15-7-8-2-3-10(14)9(13)6-8/h2-3,6H,4-5,7H2,1H3,(H,15,16). The second-order valence-electron chi connectivity index (χ2n) is 3.60. The highest BCUT2D eigenvalue weighted by atomic mass is 35.5. The molecule has 0 saturated carbocycles. The summed E-state index contributed by atoms with van der Waals surface area (Å²) in [5, 5.41) is 2.61. The summed E-state index contributed by atoms with van der Waals surface area (Å²) in [6.45, 7) is 0.236. The number of methoxy groups -OCH3 is 1. The maximum absolute atomic E-state index is 12.9. The Morgan fingerprint density at radius 3 is 2.72 bits per heavy atom. The predicted molar refractivity (Wildman–Crippen MR) is 64.5 cm³/mol. The molecule has 0 aliphatic heterocycles. The van der Waals surface area contributed by atoms with E-state index in [4.69, 9.17) is 11.6 Å². The van der Waals surface area contributed by atoms with Crippen LogP contribution in [-0.4, -0.2) is 19.0 Å². The van der Waals surface area contributed by atoms with Gasteiger partial charge in [-0.2, -0.15) is 0 Å². The van der Waals surface area contributed by atoms with Gasteiger partial charge in [0.25, 0.3) is 0 Å². The molecule has 0 aromatic heterocycles. The third-order valence-corrected chi connectivity index (χ3v) is 2.55.